The molecule has 1 heterocycles. The van der Waals surface area contributed by atoms with Crippen molar-refractivity contribution in [2.24, 2.45) is 0 Å². The molecule has 1 aromatic heterocycles. The van der Waals surface area contributed by atoms with Crippen LogP contribution in [-0.2, 0) is 0 Å². The zero-order chi connectivity index (χ0) is 10.8. The normalized spacial score (nSPS) is 10.1. The summed E-state index contributed by atoms with van der Waals surface area (Å²) in [6, 6.07) is 6.71. The summed E-state index contributed by atoms with van der Waals surface area (Å²) >= 11 is 0. The van der Waals surface area contributed by atoms with Crippen molar-refractivity contribution in [1.29, 1.82) is 0 Å². The topological polar surface area (TPSA) is 81.1 Å². The second-order valence-electron chi connectivity index (χ2n) is 3.03. The summed E-state index contributed by atoms with van der Waals surface area (Å²) < 4.78 is 1.49. The summed E-state index contributed by atoms with van der Waals surface area (Å²) in [5.41, 5.74) is 5.53. The van der Waals surface area contributed by atoms with Gasteiger partial charge in [-0.2, -0.15) is 4.98 Å². The van der Waals surface area contributed by atoms with E-state index in [2.05, 4.69) is 4.98 Å². The number of nitrogen functional groups attached to an aromatic ring is 1. The second kappa shape index (κ2) is 3.45. The molecule has 0 spiro atoms. The SMILES string of the molecule is Nc1cn(-c2ccccc2O)cnc1=O. The molecule has 76 valence electrons. The Morgan fingerprint density at radius 3 is 2.73 bits per heavy atom. The van der Waals surface area contributed by atoms with Crippen molar-refractivity contribution in [2.75, 3.05) is 5.73 Å². The molecule has 3 N–H and O–H groups in total. The molecule has 0 amide bonds. The number of hydrogen-bond acceptors (Lipinski definition) is 4. The lowest BCUT2D eigenvalue weighted by atomic mass is 10.3. The molecule has 5 heteroatoms. The lowest BCUT2D eigenvalue weighted by molar-refractivity contribution is 0.472. The molecule has 0 radical (unpaired) electrons. The highest BCUT2D eigenvalue weighted by atomic mass is 16.3. The van der Waals surface area contributed by atoms with Crippen LogP contribution in [-0.4, -0.2) is 14.7 Å². The van der Waals surface area contributed by atoms with Gasteiger partial charge in [-0.1, -0.05) is 12.1 Å². The molecule has 0 fully saturated rings. The van der Waals surface area contributed by atoms with E-state index in [1.807, 2.05) is 0 Å². The quantitative estimate of drug-likeness (QED) is 0.708. The van der Waals surface area contributed by atoms with Crippen LogP contribution in [0.2, 0.25) is 0 Å². The number of phenols is 1. The Morgan fingerprint density at radius 2 is 2.07 bits per heavy atom. The number of aromatic nitrogens is 2. The van der Waals surface area contributed by atoms with Gasteiger partial charge in [0.25, 0.3) is 5.56 Å². The molecule has 0 saturated heterocycles. The number of anilines is 1. The Kier molecular flexibility index (Phi) is 2.13. The Bertz CT molecular complexity index is 548. The fourth-order valence-corrected chi connectivity index (χ4v) is 1.24. The van der Waals surface area contributed by atoms with Crippen LogP contribution >= 0.6 is 0 Å². The van der Waals surface area contributed by atoms with Gasteiger partial charge in [0.15, 0.2) is 0 Å². The average molecular weight is 203 g/mol. The molecule has 1 aromatic carbocycles. The van der Waals surface area contributed by atoms with E-state index in [1.54, 1.807) is 24.3 Å². The van der Waals surface area contributed by atoms with Crippen LogP contribution < -0.4 is 11.3 Å². The van der Waals surface area contributed by atoms with Gasteiger partial charge >= 0.3 is 0 Å². The van der Waals surface area contributed by atoms with Gasteiger partial charge in [-0.05, 0) is 12.1 Å². The summed E-state index contributed by atoms with van der Waals surface area (Å²) in [7, 11) is 0. The zero-order valence-electron chi connectivity index (χ0n) is 7.79. The number of nitrogens with zero attached hydrogens (tertiary/aromatic N) is 2. The maximum Gasteiger partial charge on any atom is 0.295 e. The molecule has 15 heavy (non-hydrogen) atoms. The largest absolute Gasteiger partial charge is 0.506 e. The Morgan fingerprint density at radius 1 is 1.33 bits per heavy atom. The molecule has 5 nitrogen and oxygen atoms in total. The highest BCUT2D eigenvalue weighted by Gasteiger charge is 2.02. The Balaban J connectivity index is 2.60. The molecule has 0 atom stereocenters. The van der Waals surface area contributed by atoms with Gasteiger partial charge in [-0.3, -0.25) is 4.79 Å². The van der Waals surface area contributed by atoms with E-state index in [9.17, 15) is 9.90 Å². The van der Waals surface area contributed by atoms with Crippen LogP contribution in [0, 0.1) is 0 Å². The number of aromatic hydroxyl groups is 1. The lowest BCUT2D eigenvalue weighted by Gasteiger charge is -2.07. The van der Waals surface area contributed by atoms with Crippen LogP contribution in [0.15, 0.2) is 41.6 Å². The van der Waals surface area contributed by atoms with Crippen LogP contribution in [0.25, 0.3) is 5.69 Å². The van der Waals surface area contributed by atoms with Crippen molar-refractivity contribution in [3.8, 4) is 11.4 Å². The fraction of sp³-hybridized carbons (Fsp3) is 0. The minimum atomic E-state index is -0.471. The van der Waals surface area contributed by atoms with Gasteiger partial charge in [-0.25, -0.2) is 0 Å². The number of nitrogens with two attached hydrogens (primary N) is 1. The van der Waals surface area contributed by atoms with Crippen molar-refractivity contribution >= 4 is 5.69 Å². The summed E-state index contributed by atoms with van der Waals surface area (Å²) in [6.45, 7) is 0. The van der Waals surface area contributed by atoms with Crippen molar-refractivity contribution in [3.05, 3.63) is 47.1 Å². The minimum absolute atomic E-state index is 0.0424. The number of rotatable bonds is 1. The Labute approximate surface area is 85.4 Å². The van der Waals surface area contributed by atoms with E-state index in [-0.39, 0.29) is 11.4 Å². The van der Waals surface area contributed by atoms with E-state index in [4.69, 9.17) is 5.73 Å². The predicted octanol–water partition coefficient (Wildman–Crippen LogP) is 0.520. The van der Waals surface area contributed by atoms with E-state index in [0.29, 0.717) is 5.69 Å². The Hall–Kier alpha value is -2.30. The maximum absolute atomic E-state index is 11.0. The van der Waals surface area contributed by atoms with E-state index in [1.165, 1.54) is 17.1 Å². The van der Waals surface area contributed by atoms with E-state index in [0.717, 1.165) is 0 Å². The van der Waals surface area contributed by atoms with Crippen LogP contribution in [0.1, 0.15) is 0 Å². The van der Waals surface area contributed by atoms with Gasteiger partial charge in [0.05, 0.1) is 5.69 Å². The summed E-state index contributed by atoms with van der Waals surface area (Å²) in [6.07, 6.45) is 2.73. The zero-order valence-corrected chi connectivity index (χ0v) is 7.79. The molecular weight excluding hydrogens is 194 g/mol. The first kappa shape index (κ1) is 9.26. The molecule has 0 unspecified atom stereocenters. The summed E-state index contributed by atoms with van der Waals surface area (Å²) in [5, 5.41) is 9.56. The third kappa shape index (κ3) is 1.67. The number of phenolic OH excluding ortho intramolecular Hbond substituents is 1. The van der Waals surface area contributed by atoms with Crippen LogP contribution in [0.5, 0.6) is 5.75 Å². The molecule has 0 saturated carbocycles. The number of benzene rings is 1. The molecule has 0 aliphatic carbocycles. The number of hydrogen-bond donors (Lipinski definition) is 2. The fourth-order valence-electron chi connectivity index (χ4n) is 1.24. The average Bonchev–Trinajstić information content (AvgIpc) is 2.23. The van der Waals surface area contributed by atoms with Gasteiger partial charge in [0.1, 0.15) is 17.8 Å². The van der Waals surface area contributed by atoms with Crippen molar-refractivity contribution < 1.29 is 5.11 Å². The van der Waals surface area contributed by atoms with Crippen molar-refractivity contribution in [1.82, 2.24) is 9.55 Å². The smallest absolute Gasteiger partial charge is 0.295 e. The van der Waals surface area contributed by atoms with Gasteiger partial charge in [0.2, 0.25) is 0 Å². The third-order valence-corrected chi connectivity index (χ3v) is 1.98. The second-order valence-corrected chi connectivity index (χ2v) is 3.03. The molecule has 0 bridgehead atoms. The van der Waals surface area contributed by atoms with Gasteiger partial charge in [0, 0.05) is 6.20 Å². The highest BCUT2D eigenvalue weighted by molar-refractivity contribution is 5.47. The van der Waals surface area contributed by atoms with Gasteiger partial charge in [-0.15, -0.1) is 0 Å². The number of para-hydroxylation sites is 2. The molecule has 2 rings (SSSR count). The van der Waals surface area contributed by atoms with E-state index < -0.39 is 5.56 Å². The van der Waals surface area contributed by atoms with Gasteiger partial charge < -0.3 is 15.4 Å². The lowest BCUT2D eigenvalue weighted by Crippen LogP contribution is -2.14. The van der Waals surface area contributed by atoms with Crippen LogP contribution in [0.3, 0.4) is 0 Å². The monoisotopic (exact) mass is 203 g/mol. The first-order valence-corrected chi connectivity index (χ1v) is 4.30. The summed E-state index contributed by atoms with van der Waals surface area (Å²) in [5.74, 6) is 0.0994. The maximum atomic E-state index is 11.0. The molecule has 0 aliphatic heterocycles. The molecule has 0 aliphatic rings. The first-order valence-electron chi connectivity index (χ1n) is 4.30. The molecule has 2 aromatic rings. The first-order chi connectivity index (χ1) is 7.18. The standard InChI is InChI=1S/C10H9N3O2/c11-7-5-13(6-12-10(7)15)8-3-1-2-4-9(8)14/h1-6,14H,11H2. The minimum Gasteiger partial charge on any atom is -0.506 e. The van der Waals surface area contributed by atoms with Crippen LogP contribution in [0.4, 0.5) is 5.69 Å². The predicted molar refractivity (Wildman–Crippen MR) is 55.9 cm³/mol. The summed E-state index contributed by atoms with van der Waals surface area (Å²) in [4.78, 5) is 14.5. The molecular formula is C10H9N3O2. The van der Waals surface area contributed by atoms with Crippen molar-refractivity contribution in [3.63, 3.8) is 0 Å². The van der Waals surface area contributed by atoms with Crippen molar-refractivity contribution in [2.45, 2.75) is 0 Å². The highest BCUT2D eigenvalue weighted by Crippen LogP contribution is 2.19. The third-order valence-electron chi connectivity index (χ3n) is 1.98. The van der Waals surface area contributed by atoms with E-state index >= 15 is 0 Å².